The molecular weight excluding hydrogens is 252 g/mol. The highest BCUT2D eigenvalue weighted by atomic mass is 32.2. The molecule has 1 aromatic carbocycles. The Balaban J connectivity index is 3.15. The van der Waals surface area contributed by atoms with Gasteiger partial charge in [0, 0.05) is 5.69 Å². The summed E-state index contributed by atoms with van der Waals surface area (Å²) in [6, 6.07) is 4.60. The molecule has 0 aliphatic carbocycles. The number of sulfonamides is 1. The van der Waals surface area contributed by atoms with E-state index in [-0.39, 0.29) is 4.90 Å². The van der Waals surface area contributed by atoms with Crippen molar-refractivity contribution in [2.75, 3.05) is 5.73 Å². The van der Waals surface area contributed by atoms with E-state index in [2.05, 4.69) is 4.72 Å². The number of benzene rings is 1. The topological polar surface area (TPSA) is 92.4 Å². The van der Waals surface area contributed by atoms with Gasteiger partial charge in [0.15, 0.2) is 0 Å². The second-order valence-corrected chi connectivity index (χ2v) is 6.68. The third-order valence-electron chi connectivity index (χ3n) is 2.93. The molecule has 6 heteroatoms. The van der Waals surface area contributed by atoms with E-state index in [1.807, 2.05) is 0 Å². The van der Waals surface area contributed by atoms with Gasteiger partial charge >= 0.3 is 0 Å². The lowest BCUT2D eigenvalue weighted by Gasteiger charge is -2.29. The molecule has 1 aromatic rings. The molecule has 0 aromatic heterocycles. The zero-order valence-electron chi connectivity index (χ0n) is 11.1. The van der Waals surface area contributed by atoms with Gasteiger partial charge in [-0.15, -0.1) is 0 Å². The van der Waals surface area contributed by atoms with Crippen molar-refractivity contribution in [2.45, 2.75) is 44.2 Å². The number of aliphatic hydroxyl groups is 1. The molecule has 102 valence electrons. The minimum atomic E-state index is -3.68. The van der Waals surface area contributed by atoms with Gasteiger partial charge in [-0.2, -0.15) is 0 Å². The Morgan fingerprint density at radius 1 is 1.39 bits per heavy atom. The maximum atomic E-state index is 12.2. The molecule has 0 spiro atoms. The number of nitrogens with two attached hydrogens (primary N) is 1. The first-order chi connectivity index (χ1) is 8.06. The predicted molar refractivity (Wildman–Crippen MR) is 71.7 cm³/mol. The zero-order chi connectivity index (χ0) is 14.1. The fraction of sp³-hybridized carbons (Fsp3) is 0.500. The highest BCUT2D eigenvalue weighted by Gasteiger charge is 2.31. The summed E-state index contributed by atoms with van der Waals surface area (Å²) in [6.45, 7) is 6.47. The maximum Gasteiger partial charge on any atom is 0.241 e. The number of hydrogen-bond donors (Lipinski definition) is 3. The fourth-order valence-corrected chi connectivity index (χ4v) is 3.16. The molecule has 0 bridgehead atoms. The van der Waals surface area contributed by atoms with Gasteiger partial charge in [0.05, 0.1) is 16.5 Å². The number of aliphatic hydroxyl groups excluding tert-OH is 1. The van der Waals surface area contributed by atoms with Gasteiger partial charge < -0.3 is 10.8 Å². The van der Waals surface area contributed by atoms with Crippen LogP contribution >= 0.6 is 0 Å². The molecule has 0 saturated carbocycles. The Bertz CT molecular complexity index is 536. The average Bonchev–Trinajstić information content (AvgIpc) is 2.14. The summed E-state index contributed by atoms with van der Waals surface area (Å²) in [5.41, 5.74) is 5.74. The van der Waals surface area contributed by atoms with Crippen molar-refractivity contribution in [2.24, 2.45) is 0 Å². The first-order valence-electron chi connectivity index (χ1n) is 5.64. The minimum Gasteiger partial charge on any atom is -0.399 e. The molecule has 0 aliphatic heterocycles. The van der Waals surface area contributed by atoms with Crippen LogP contribution < -0.4 is 10.5 Å². The van der Waals surface area contributed by atoms with Crippen LogP contribution in [0.2, 0.25) is 0 Å². The quantitative estimate of drug-likeness (QED) is 0.713. The van der Waals surface area contributed by atoms with Crippen LogP contribution in [-0.4, -0.2) is 25.2 Å². The van der Waals surface area contributed by atoms with E-state index in [0.29, 0.717) is 11.3 Å². The monoisotopic (exact) mass is 272 g/mol. The Hall–Kier alpha value is -1.11. The average molecular weight is 272 g/mol. The van der Waals surface area contributed by atoms with Gasteiger partial charge in [-0.05, 0) is 51.5 Å². The minimum absolute atomic E-state index is 0.172. The lowest BCUT2D eigenvalue weighted by atomic mass is 10.0. The van der Waals surface area contributed by atoms with Crippen molar-refractivity contribution in [1.82, 2.24) is 4.72 Å². The number of rotatable bonds is 4. The van der Waals surface area contributed by atoms with Gasteiger partial charge in [0.1, 0.15) is 0 Å². The van der Waals surface area contributed by atoms with Gasteiger partial charge in [-0.25, -0.2) is 13.1 Å². The van der Waals surface area contributed by atoms with E-state index in [0.717, 1.165) is 0 Å². The Kier molecular flexibility index (Phi) is 4.05. The van der Waals surface area contributed by atoms with E-state index >= 15 is 0 Å². The largest absolute Gasteiger partial charge is 0.399 e. The predicted octanol–water partition coefficient (Wildman–Crippen LogP) is 1.01. The summed E-state index contributed by atoms with van der Waals surface area (Å²) in [7, 11) is -3.68. The molecule has 1 rings (SSSR count). The lowest BCUT2D eigenvalue weighted by Crippen LogP contribution is -2.50. The van der Waals surface area contributed by atoms with Crippen molar-refractivity contribution in [3.8, 4) is 0 Å². The van der Waals surface area contributed by atoms with E-state index < -0.39 is 21.7 Å². The van der Waals surface area contributed by atoms with Gasteiger partial charge in [-0.1, -0.05) is 0 Å². The highest BCUT2D eigenvalue weighted by molar-refractivity contribution is 7.89. The number of hydrogen-bond acceptors (Lipinski definition) is 4. The molecule has 0 saturated heterocycles. The molecular formula is C12H20N2O3S. The van der Waals surface area contributed by atoms with Crippen molar-refractivity contribution in [1.29, 1.82) is 0 Å². The molecule has 0 radical (unpaired) electrons. The molecule has 1 unspecified atom stereocenters. The van der Waals surface area contributed by atoms with E-state index in [4.69, 9.17) is 5.73 Å². The molecule has 0 aliphatic rings. The maximum absolute atomic E-state index is 12.2. The Morgan fingerprint density at radius 3 is 2.39 bits per heavy atom. The van der Waals surface area contributed by atoms with E-state index in [1.165, 1.54) is 12.1 Å². The fourth-order valence-electron chi connectivity index (χ4n) is 1.46. The number of aryl methyl sites for hydroxylation is 1. The SMILES string of the molecule is Cc1cc(N)ccc1S(=O)(=O)NC(C)(C)C(C)O. The molecule has 0 heterocycles. The highest BCUT2D eigenvalue weighted by Crippen LogP contribution is 2.20. The number of anilines is 1. The summed E-state index contributed by atoms with van der Waals surface area (Å²) >= 11 is 0. The summed E-state index contributed by atoms with van der Waals surface area (Å²) in [5, 5.41) is 9.56. The van der Waals surface area contributed by atoms with Crippen LogP contribution in [0.3, 0.4) is 0 Å². The Morgan fingerprint density at radius 2 is 1.94 bits per heavy atom. The van der Waals surface area contributed by atoms with Gasteiger partial charge in [0.2, 0.25) is 10.0 Å². The number of nitrogens with one attached hydrogen (secondary N) is 1. The molecule has 5 nitrogen and oxygen atoms in total. The second-order valence-electron chi connectivity index (χ2n) is 5.03. The van der Waals surface area contributed by atoms with Crippen LogP contribution in [-0.2, 0) is 10.0 Å². The van der Waals surface area contributed by atoms with Gasteiger partial charge in [-0.3, -0.25) is 0 Å². The van der Waals surface area contributed by atoms with Crippen LogP contribution in [0.5, 0.6) is 0 Å². The van der Waals surface area contributed by atoms with Crippen molar-refractivity contribution in [3.05, 3.63) is 23.8 Å². The van der Waals surface area contributed by atoms with Crippen molar-refractivity contribution in [3.63, 3.8) is 0 Å². The summed E-state index contributed by atoms with van der Waals surface area (Å²) in [6.07, 6.45) is -0.804. The molecule has 18 heavy (non-hydrogen) atoms. The molecule has 4 N–H and O–H groups in total. The van der Waals surface area contributed by atoms with Crippen LogP contribution in [0, 0.1) is 6.92 Å². The second kappa shape index (κ2) is 4.87. The normalized spacial score (nSPS) is 14.5. The first kappa shape index (κ1) is 14.9. The van der Waals surface area contributed by atoms with Crippen LogP contribution in [0.25, 0.3) is 0 Å². The van der Waals surface area contributed by atoms with Gasteiger partial charge in [0.25, 0.3) is 0 Å². The third kappa shape index (κ3) is 3.22. The molecule has 0 amide bonds. The summed E-state index contributed by atoms with van der Waals surface area (Å²) < 4.78 is 26.9. The van der Waals surface area contributed by atoms with Crippen LogP contribution in [0.4, 0.5) is 5.69 Å². The van der Waals surface area contributed by atoms with Crippen molar-refractivity contribution >= 4 is 15.7 Å². The molecule has 1 atom stereocenters. The van der Waals surface area contributed by atoms with E-state index in [1.54, 1.807) is 33.8 Å². The van der Waals surface area contributed by atoms with Crippen LogP contribution in [0.15, 0.2) is 23.1 Å². The summed E-state index contributed by atoms with van der Waals surface area (Å²) in [4.78, 5) is 0.172. The van der Waals surface area contributed by atoms with E-state index in [9.17, 15) is 13.5 Å². The Labute approximate surface area is 108 Å². The smallest absolute Gasteiger partial charge is 0.241 e. The standard InChI is InChI=1S/C12H20N2O3S/c1-8-7-10(13)5-6-11(8)18(16,17)14-12(3,4)9(2)15/h5-7,9,14-15H,13H2,1-4H3. The van der Waals surface area contributed by atoms with Crippen molar-refractivity contribution < 1.29 is 13.5 Å². The van der Waals surface area contributed by atoms with Crippen LogP contribution in [0.1, 0.15) is 26.3 Å². The first-order valence-corrected chi connectivity index (χ1v) is 7.13. The lowest BCUT2D eigenvalue weighted by molar-refractivity contribution is 0.111. The number of nitrogen functional groups attached to an aromatic ring is 1. The molecule has 0 fully saturated rings. The summed E-state index contributed by atoms with van der Waals surface area (Å²) in [5.74, 6) is 0. The third-order valence-corrected chi connectivity index (χ3v) is 4.76. The zero-order valence-corrected chi connectivity index (χ0v) is 11.9.